The average Bonchev–Trinajstić information content (AvgIpc) is 2.78. The van der Waals surface area contributed by atoms with Gasteiger partial charge in [-0.25, -0.2) is 0 Å². The minimum absolute atomic E-state index is 0.239. The summed E-state index contributed by atoms with van der Waals surface area (Å²) < 4.78 is 5.73. The normalized spacial score (nSPS) is 35.7. The van der Waals surface area contributed by atoms with Gasteiger partial charge in [-0.05, 0) is 25.2 Å². The zero-order valence-electron chi connectivity index (χ0n) is 9.87. The molecule has 2 heterocycles. The predicted octanol–water partition coefficient (Wildman–Crippen LogP) is 2.95. The first-order valence-electron chi connectivity index (χ1n) is 6.39. The van der Waals surface area contributed by atoms with Crippen molar-refractivity contribution in [3.05, 3.63) is 0 Å². The fourth-order valence-corrected chi connectivity index (χ4v) is 3.07. The molecule has 86 valence electrons. The van der Waals surface area contributed by atoms with Crippen molar-refractivity contribution in [2.24, 2.45) is 11.8 Å². The molecule has 2 aliphatic rings. The number of ketones is 1. The molecule has 0 saturated carbocycles. The standard InChI is InChI=1S/C13H22O2/c1-3-4-9(2)7-12(14)11-8-10-5-6-13(11)15-10/h9-11,13H,3-8H2,1-2H3. The second-order valence-corrected chi connectivity index (χ2v) is 5.28. The molecule has 0 aromatic heterocycles. The third kappa shape index (κ3) is 2.41. The van der Waals surface area contributed by atoms with Crippen LogP contribution in [0.5, 0.6) is 0 Å². The Bertz CT molecular complexity index is 237. The van der Waals surface area contributed by atoms with E-state index >= 15 is 0 Å². The Labute approximate surface area is 92.4 Å². The topological polar surface area (TPSA) is 26.3 Å². The van der Waals surface area contributed by atoms with Crippen LogP contribution in [0.1, 0.15) is 52.4 Å². The van der Waals surface area contributed by atoms with Crippen molar-refractivity contribution >= 4 is 5.78 Å². The second-order valence-electron chi connectivity index (χ2n) is 5.28. The summed E-state index contributed by atoms with van der Waals surface area (Å²) in [4.78, 5) is 12.0. The van der Waals surface area contributed by atoms with Crippen LogP contribution in [0.2, 0.25) is 0 Å². The lowest BCUT2D eigenvalue weighted by Gasteiger charge is -2.19. The van der Waals surface area contributed by atoms with Gasteiger partial charge in [0.1, 0.15) is 5.78 Å². The molecule has 2 rings (SSSR count). The van der Waals surface area contributed by atoms with Crippen molar-refractivity contribution < 1.29 is 9.53 Å². The maximum absolute atomic E-state index is 12.0. The highest BCUT2D eigenvalue weighted by atomic mass is 16.5. The molecule has 0 amide bonds. The van der Waals surface area contributed by atoms with E-state index in [9.17, 15) is 4.79 Å². The molecule has 0 aromatic carbocycles. The van der Waals surface area contributed by atoms with Crippen LogP contribution in [0.15, 0.2) is 0 Å². The van der Waals surface area contributed by atoms with E-state index in [0.717, 1.165) is 19.3 Å². The molecule has 0 aromatic rings. The van der Waals surface area contributed by atoms with Gasteiger partial charge in [0.05, 0.1) is 12.2 Å². The number of hydrogen-bond donors (Lipinski definition) is 0. The van der Waals surface area contributed by atoms with E-state index in [1.807, 2.05) is 0 Å². The van der Waals surface area contributed by atoms with Gasteiger partial charge in [0.15, 0.2) is 0 Å². The second kappa shape index (κ2) is 4.65. The number of rotatable bonds is 5. The average molecular weight is 210 g/mol. The SMILES string of the molecule is CCCC(C)CC(=O)C1CC2CCC1O2. The molecule has 2 bridgehead atoms. The van der Waals surface area contributed by atoms with Crippen molar-refractivity contribution in [1.29, 1.82) is 0 Å². The van der Waals surface area contributed by atoms with E-state index in [1.54, 1.807) is 0 Å². The number of hydrogen-bond acceptors (Lipinski definition) is 2. The summed E-state index contributed by atoms with van der Waals surface area (Å²) >= 11 is 0. The maximum atomic E-state index is 12.0. The van der Waals surface area contributed by atoms with Crippen molar-refractivity contribution in [3.63, 3.8) is 0 Å². The summed E-state index contributed by atoms with van der Waals surface area (Å²) in [5.41, 5.74) is 0. The third-order valence-electron chi connectivity index (χ3n) is 3.85. The number of fused-ring (bicyclic) bond motifs is 2. The molecule has 2 fully saturated rings. The molecule has 2 saturated heterocycles. The van der Waals surface area contributed by atoms with Crippen molar-refractivity contribution in [3.8, 4) is 0 Å². The molecule has 2 heteroatoms. The van der Waals surface area contributed by atoms with Crippen LogP contribution < -0.4 is 0 Å². The lowest BCUT2D eigenvalue weighted by molar-refractivity contribution is -0.125. The van der Waals surface area contributed by atoms with Crippen LogP contribution in [0.4, 0.5) is 0 Å². The Morgan fingerprint density at radius 2 is 2.27 bits per heavy atom. The monoisotopic (exact) mass is 210 g/mol. The lowest BCUT2D eigenvalue weighted by Crippen LogP contribution is -2.26. The third-order valence-corrected chi connectivity index (χ3v) is 3.85. The molecular weight excluding hydrogens is 188 g/mol. The molecule has 2 nitrogen and oxygen atoms in total. The van der Waals surface area contributed by atoms with Gasteiger partial charge < -0.3 is 4.74 Å². The van der Waals surface area contributed by atoms with Crippen LogP contribution in [-0.4, -0.2) is 18.0 Å². The molecular formula is C13H22O2. The molecule has 15 heavy (non-hydrogen) atoms. The fraction of sp³-hybridized carbons (Fsp3) is 0.923. The zero-order chi connectivity index (χ0) is 10.8. The Kier molecular flexibility index (Phi) is 3.45. The van der Waals surface area contributed by atoms with Gasteiger partial charge in [-0.2, -0.15) is 0 Å². The first kappa shape index (κ1) is 11.1. The van der Waals surface area contributed by atoms with E-state index in [1.165, 1.54) is 19.3 Å². The van der Waals surface area contributed by atoms with Crippen LogP contribution >= 0.6 is 0 Å². The van der Waals surface area contributed by atoms with Gasteiger partial charge in [0.2, 0.25) is 0 Å². The smallest absolute Gasteiger partial charge is 0.138 e. The van der Waals surface area contributed by atoms with Gasteiger partial charge in [0.25, 0.3) is 0 Å². The first-order chi connectivity index (χ1) is 7.20. The summed E-state index contributed by atoms with van der Waals surface area (Å²) in [5, 5.41) is 0. The van der Waals surface area contributed by atoms with Crippen LogP contribution in [0, 0.1) is 11.8 Å². The highest BCUT2D eigenvalue weighted by molar-refractivity contribution is 5.82. The van der Waals surface area contributed by atoms with Crippen LogP contribution in [-0.2, 0) is 9.53 Å². The van der Waals surface area contributed by atoms with Crippen molar-refractivity contribution in [2.75, 3.05) is 0 Å². The van der Waals surface area contributed by atoms with Gasteiger partial charge in [-0.3, -0.25) is 4.79 Å². The van der Waals surface area contributed by atoms with Gasteiger partial charge >= 0.3 is 0 Å². The highest BCUT2D eigenvalue weighted by Gasteiger charge is 2.43. The molecule has 0 radical (unpaired) electrons. The summed E-state index contributed by atoms with van der Waals surface area (Å²) in [5.74, 6) is 1.26. The van der Waals surface area contributed by atoms with E-state index in [2.05, 4.69) is 13.8 Å². The van der Waals surface area contributed by atoms with Gasteiger partial charge in [-0.15, -0.1) is 0 Å². The van der Waals surface area contributed by atoms with Crippen molar-refractivity contribution in [1.82, 2.24) is 0 Å². The van der Waals surface area contributed by atoms with Gasteiger partial charge in [-0.1, -0.05) is 26.7 Å². The molecule has 0 aliphatic carbocycles. The number of Topliss-reactive ketones (excluding diaryl/α,β-unsaturated/α-hetero) is 1. The first-order valence-corrected chi connectivity index (χ1v) is 6.39. The number of carbonyl (C=O) groups excluding carboxylic acids is 1. The summed E-state index contributed by atoms with van der Waals surface area (Å²) in [7, 11) is 0. The van der Waals surface area contributed by atoms with E-state index in [-0.39, 0.29) is 12.0 Å². The van der Waals surface area contributed by atoms with Crippen molar-refractivity contribution in [2.45, 2.75) is 64.6 Å². The van der Waals surface area contributed by atoms with Crippen LogP contribution in [0.3, 0.4) is 0 Å². The van der Waals surface area contributed by atoms with E-state index in [0.29, 0.717) is 17.8 Å². The lowest BCUT2D eigenvalue weighted by atomic mass is 9.83. The minimum atomic E-state index is 0.239. The molecule has 4 atom stereocenters. The summed E-state index contributed by atoms with van der Waals surface area (Å²) in [6.45, 7) is 4.37. The fourth-order valence-electron chi connectivity index (χ4n) is 3.07. The maximum Gasteiger partial charge on any atom is 0.138 e. The predicted molar refractivity (Wildman–Crippen MR) is 59.7 cm³/mol. The Hall–Kier alpha value is -0.370. The molecule has 0 spiro atoms. The largest absolute Gasteiger partial charge is 0.374 e. The highest BCUT2D eigenvalue weighted by Crippen LogP contribution is 2.40. The Balaban J connectivity index is 1.81. The summed E-state index contributed by atoms with van der Waals surface area (Å²) in [6, 6.07) is 0. The molecule has 2 aliphatic heterocycles. The number of carbonyl (C=O) groups is 1. The molecule has 0 N–H and O–H groups in total. The van der Waals surface area contributed by atoms with Crippen LogP contribution in [0.25, 0.3) is 0 Å². The molecule has 4 unspecified atom stereocenters. The zero-order valence-corrected chi connectivity index (χ0v) is 9.87. The quantitative estimate of drug-likeness (QED) is 0.697. The Morgan fingerprint density at radius 3 is 2.80 bits per heavy atom. The summed E-state index contributed by atoms with van der Waals surface area (Å²) in [6.07, 6.45) is 7.10. The number of ether oxygens (including phenoxy) is 1. The minimum Gasteiger partial charge on any atom is -0.374 e. The van der Waals surface area contributed by atoms with E-state index < -0.39 is 0 Å². The van der Waals surface area contributed by atoms with E-state index in [4.69, 9.17) is 4.74 Å². The van der Waals surface area contributed by atoms with Gasteiger partial charge in [0, 0.05) is 12.3 Å². The Morgan fingerprint density at radius 1 is 1.47 bits per heavy atom.